The molecule has 0 saturated carbocycles. The molecule has 0 unspecified atom stereocenters. The van der Waals surface area contributed by atoms with Crippen molar-refractivity contribution in [2.75, 3.05) is 18.1 Å². The molecule has 4 nitrogen and oxygen atoms in total. The number of sulfone groups is 1. The monoisotopic (exact) mass is 277 g/mol. The molecule has 0 saturated heterocycles. The van der Waals surface area contributed by atoms with Crippen LogP contribution in [-0.4, -0.2) is 41.1 Å². The largest absolute Gasteiger partial charge is 0.395 e. The van der Waals surface area contributed by atoms with Gasteiger partial charge in [0.1, 0.15) is 0 Å². The smallest absolute Gasteiger partial charge is 0.152 e. The van der Waals surface area contributed by atoms with Crippen LogP contribution in [0.25, 0.3) is 0 Å². The number of aliphatic hydroxyl groups excluding tert-OH is 1. The number of rotatable bonds is 7. The van der Waals surface area contributed by atoms with Gasteiger partial charge in [0, 0.05) is 5.54 Å². The molecule has 0 aromatic heterocycles. The van der Waals surface area contributed by atoms with Crippen LogP contribution >= 0.6 is 23.6 Å². The van der Waals surface area contributed by atoms with E-state index in [1.165, 1.54) is 0 Å². The summed E-state index contributed by atoms with van der Waals surface area (Å²) in [4.78, 5) is 0. The van der Waals surface area contributed by atoms with Crippen LogP contribution in [0, 0.1) is 0 Å². The fourth-order valence-electron chi connectivity index (χ4n) is 1.05. The fourth-order valence-corrected chi connectivity index (χ4v) is 2.29. The number of aliphatic hydroxyl groups is 1. The third-order valence-electron chi connectivity index (χ3n) is 2.10. The molecule has 1 N–H and O–H groups in total. The summed E-state index contributed by atoms with van der Waals surface area (Å²) in [6, 6.07) is 0. The van der Waals surface area contributed by atoms with E-state index in [1.807, 2.05) is 13.8 Å². The highest BCUT2D eigenvalue weighted by atomic mass is 35.5. The maximum Gasteiger partial charge on any atom is 0.152 e. The zero-order valence-corrected chi connectivity index (χ0v) is 11.2. The van der Waals surface area contributed by atoms with Crippen molar-refractivity contribution in [2.45, 2.75) is 32.2 Å². The van der Waals surface area contributed by atoms with Crippen molar-refractivity contribution in [3.05, 3.63) is 0 Å². The van der Waals surface area contributed by atoms with Crippen LogP contribution in [0.3, 0.4) is 0 Å². The van der Waals surface area contributed by atoms with Crippen LogP contribution in [0.15, 0.2) is 0 Å². The molecule has 7 heteroatoms. The van der Waals surface area contributed by atoms with Crippen LogP contribution in [0.1, 0.15) is 26.7 Å². The van der Waals surface area contributed by atoms with Crippen LogP contribution in [-0.2, 0) is 9.84 Å². The molecule has 0 amide bonds. The third-order valence-corrected chi connectivity index (χ3v) is 4.73. The van der Waals surface area contributed by atoms with Gasteiger partial charge in [-0.15, -0.1) is 3.94 Å². The lowest BCUT2D eigenvalue weighted by molar-refractivity contribution is 0.318. The van der Waals surface area contributed by atoms with Crippen molar-refractivity contribution < 1.29 is 13.5 Å². The van der Waals surface area contributed by atoms with E-state index in [-0.39, 0.29) is 18.1 Å². The first kappa shape index (κ1) is 15.4. The highest BCUT2D eigenvalue weighted by molar-refractivity contribution is 7.91. The molecule has 0 heterocycles. The maximum absolute atomic E-state index is 11.2. The first-order valence-corrected chi connectivity index (χ1v) is 7.14. The molecule has 0 aliphatic rings. The van der Waals surface area contributed by atoms with Gasteiger partial charge in [0.15, 0.2) is 9.84 Å². The van der Waals surface area contributed by atoms with E-state index in [0.29, 0.717) is 12.8 Å². The molecule has 0 spiro atoms. The molecule has 15 heavy (non-hydrogen) atoms. The Morgan fingerprint density at radius 2 is 1.80 bits per heavy atom. The quantitative estimate of drug-likeness (QED) is 0.718. The summed E-state index contributed by atoms with van der Waals surface area (Å²) in [6.45, 7) is 3.32. The van der Waals surface area contributed by atoms with Crippen LogP contribution in [0.4, 0.5) is 0 Å². The highest BCUT2D eigenvalue weighted by Gasteiger charge is 2.24. The summed E-state index contributed by atoms with van der Waals surface area (Å²) in [5.41, 5.74) is -0.447. The van der Waals surface area contributed by atoms with Gasteiger partial charge >= 0.3 is 0 Å². The number of halogens is 2. The van der Waals surface area contributed by atoms with E-state index in [0.717, 1.165) is 3.94 Å². The van der Waals surface area contributed by atoms with Crippen molar-refractivity contribution in [1.29, 1.82) is 0 Å². The van der Waals surface area contributed by atoms with Crippen molar-refractivity contribution in [2.24, 2.45) is 0 Å². The van der Waals surface area contributed by atoms with Gasteiger partial charge in [-0.1, -0.05) is 0 Å². The lowest BCUT2D eigenvalue weighted by atomic mass is 10.0. The van der Waals surface area contributed by atoms with E-state index in [1.54, 1.807) is 0 Å². The van der Waals surface area contributed by atoms with Crippen LogP contribution in [0.5, 0.6) is 0 Å². The van der Waals surface area contributed by atoms with Gasteiger partial charge in [-0.2, -0.15) is 0 Å². The van der Waals surface area contributed by atoms with E-state index in [4.69, 9.17) is 28.7 Å². The van der Waals surface area contributed by atoms with Gasteiger partial charge in [0.25, 0.3) is 0 Å². The Morgan fingerprint density at radius 3 is 2.20 bits per heavy atom. The molecule has 0 aliphatic heterocycles. The van der Waals surface area contributed by atoms with E-state index in [2.05, 4.69) is 0 Å². The topological polar surface area (TPSA) is 57.6 Å². The first-order valence-electron chi connectivity index (χ1n) is 4.64. The summed E-state index contributed by atoms with van der Waals surface area (Å²) in [6.07, 6.45) is 1.05. The Balaban J connectivity index is 4.00. The second kappa shape index (κ2) is 6.25. The number of hydrogen-bond acceptors (Lipinski definition) is 4. The van der Waals surface area contributed by atoms with Gasteiger partial charge in [0.2, 0.25) is 0 Å². The zero-order chi connectivity index (χ0) is 12.1. The zero-order valence-electron chi connectivity index (χ0n) is 8.91. The van der Waals surface area contributed by atoms with Gasteiger partial charge in [-0.3, -0.25) is 0 Å². The van der Waals surface area contributed by atoms with E-state index >= 15 is 0 Å². The fraction of sp³-hybridized carbons (Fsp3) is 1.00. The van der Waals surface area contributed by atoms with E-state index < -0.39 is 15.4 Å². The van der Waals surface area contributed by atoms with Gasteiger partial charge < -0.3 is 5.11 Å². The summed E-state index contributed by atoms with van der Waals surface area (Å²) >= 11 is 11.2. The molecule has 0 aromatic rings. The van der Waals surface area contributed by atoms with Crippen molar-refractivity contribution in [3.8, 4) is 0 Å². The average molecular weight is 278 g/mol. The SMILES string of the molecule is CC(C)(CCCS(=O)(=O)CCO)N(Cl)Cl. The molecule has 0 aromatic carbocycles. The molecular weight excluding hydrogens is 261 g/mol. The summed E-state index contributed by atoms with van der Waals surface area (Å²) < 4.78 is 23.5. The molecule has 92 valence electrons. The van der Waals surface area contributed by atoms with Crippen LogP contribution in [0.2, 0.25) is 0 Å². The lowest BCUT2D eigenvalue weighted by Gasteiger charge is -2.27. The predicted octanol–water partition coefficient (Wildman–Crippen LogP) is 1.56. The van der Waals surface area contributed by atoms with Gasteiger partial charge in [0.05, 0.1) is 18.1 Å². The Kier molecular flexibility index (Phi) is 6.44. The van der Waals surface area contributed by atoms with Crippen molar-refractivity contribution in [3.63, 3.8) is 0 Å². The van der Waals surface area contributed by atoms with E-state index in [9.17, 15) is 8.42 Å². The first-order chi connectivity index (χ1) is 6.71. The highest BCUT2D eigenvalue weighted by Crippen LogP contribution is 2.24. The Morgan fingerprint density at radius 1 is 1.27 bits per heavy atom. The molecular formula is C8H17Cl2NO3S. The molecule has 0 bridgehead atoms. The van der Waals surface area contributed by atoms with Gasteiger partial charge in [-0.05, 0) is 50.2 Å². The minimum atomic E-state index is -3.13. The van der Waals surface area contributed by atoms with Crippen molar-refractivity contribution in [1.82, 2.24) is 3.94 Å². The second-order valence-electron chi connectivity index (χ2n) is 4.02. The summed E-state index contributed by atoms with van der Waals surface area (Å²) in [5.74, 6) is -0.127. The molecule has 0 aliphatic carbocycles. The molecule has 0 fully saturated rings. The normalized spacial score (nSPS) is 13.5. The lowest BCUT2D eigenvalue weighted by Crippen LogP contribution is -2.31. The predicted molar refractivity (Wildman–Crippen MR) is 62.6 cm³/mol. The Hall–Kier alpha value is 0.450. The minimum Gasteiger partial charge on any atom is -0.395 e. The third kappa shape index (κ3) is 6.58. The second-order valence-corrected chi connectivity index (χ2v) is 7.18. The maximum atomic E-state index is 11.2. The number of hydrogen-bond donors (Lipinski definition) is 1. The minimum absolute atomic E-state index is 0.0542. The van der Waals surface area contributed by atoms with Gasteiger partial charge in [-0.25, -0.2) is 8.42 Å². The molecule has 0 atom stereocenters. The van der Waals surface area contributed by atoms with Crippen LogP contribution < -0.4 is 0 Å². The molecule has 0 rings (SSSR count). The Bertz CT molecular complexity index is 278. The standard InChI is InChI=1S/C8H17Cl2NO3S/c1-8(2,11(9)10)4-3-6-15(13,14)7-5-12/h12H,3-7H2,1-2H3. The number of nitrogens with zero attached hydrogens (tertiary/aromatic N) is 1. The van der Waals surface area contributed by atoms with Crippen molar-refractivity contribution >= 4 is 33.4 Å². The summed E-state index contributed by atoms with van der Waals surface area (Å²) in [5, 5.41) is 8.52. The Labute approximate surface area is 101 Å². The summed E-state index contributed by atoms with van der Waals surface area (Å²) in [7, 11) is -3.13. The molecule has 0 radical (unpaired) electrons. The average Bonchev–Trinajstić information content (AvgIpc) is 2.02.